The van der Waals surface area contributed by atoms with E-state index in [2.05, 4.69) is 144 Å². The van der Waals surface area contributed by atoms with E-state index >= 15 is 0 Å². The second-order valence-electron chi connectivity index (χ2n) is 14.0. The fourth-order valence-corrected chi connectivity index (χ4v) is 8.03. The van der Waals surface area contributed by atoms with Crippen LogP contribution in [0.1, 0.15) is 0 Å². The van der Waals surface area contributed by atoms with Gasteiger partial charge in [0.05, 0.1) is 11.0 Å². The Morgan fingerprint density at radius 2 is 0.857 bits per heavy atom. The van der Waals surface area contributed by atoms with E-state index in [1.807, 2.05) is 54.6 Å². The Balaban J connectivity index is 1.12. The molecule has 0 aliphatic heterocycles. The number of rotatable bonds is 6. The summed E-state index contributed by atoms with van der Waals surface area (Å²) in [6, 6.07) is 67.4. The molecule has 0 radical (unpaired) electrons. The predicted octanol–water partition coefficient (Wildman–Crippen LogP) is 13.2. The minimum atomic E-state index is 0.583. The normalized spacial score (nSPS) is 11.6. The number of fused-ring (bicyclic) bond motifs is 6. The second-order valence-corrected chi connectivity index (χ2v) is 14.0. The zero-order chi connectivity index (χ0) is 37.0. The fourth-order valence-electron chi connectivity index (χ4n) is 8.03. The van der Waals surface area contributed by atoms with Crippen LogP contribution < -0.4 is 0 Å². The summed E-state index contributed by atoms with van der Waals surface area (Å²) in [7, 11) is 0. The van der Waals surface area contributed by atoms with E-state index in [-0.39, 0.29) is 0 Å². The molecule has 0 fully saturated rings. The maximum atomic E-state index is 6.65. The molecule has 0 spiro atoms. The van der Waals surface area contributed by atoms with Gasteiger partial charge in [-0.05, 0) is 70.8 Å². The van der Waals surface area contributed by atoms with Crippen molar-refractivity contribution in [1.29, 1.82) is 0 Å². The molecule has 56 heavy (non-hydrogen) atoms. The van der Waals surface area contributed by atoms with Gasteiger partial charge >= 0.3 is 0 Å². The van der Waals surface area contributed by atoms with Crippen molar-refractivity contribution in [2.24, 2.45) is 0 Å². The Labute approximate surface area is 322 Å². The highest BCUT2D eigenvalue weighted by atomic mass is 16.3. The molecule has 11 aromatic rings. The average Bonchev–Trinajstić information content (AvgIpc) is 3.82. The van der Waals surface area contributed by atoms with Crippen LogP contribution in [0.5, 0.6) is 0 Å². The first-order valence-electron chi connectivity index (χ1n) is 18.8. The maximum Gasteiger partial charge on any atom is 0.164 e. The Kier molecular flexibility index (Phi) is 7.42. The summed E-state index contributed by atoms with van der Waals surface area (Å²) in [5.41, 5.74) is 12.1. The summed E-state index contributed by atoms with van der Waals surface area (Å²) < 4.78 is 8.97. The van der Waals surface area contributed by atoms with Crippen molar-refractivity contribution in [2.75, 3.05) is 0 Å². The molecule has 0 unspecified atom stereocenters. The van der Waals surface area contributed by atoms with E-state index in [9.17, 15) is 0 Å². The smallest absolute Gasteiger partial charge is 0.164 e. The van der Waals surface area contributed by atoms with Gasteiger partial charge in [-0.15, -0.1) is 0 Å². The van der Waals surface area contributed by atoms with E-state index in [0.29, 0.717) is 17.5 Å². The van der Waals surface area contributed by atoms with Crippen molar-refractivity contribution >= 4 is 43.7 Å². The second kappa shape index (κ2) is 13.0. The van der Waals surface area contributed by atoms with Crippen LogP contribution in [0, 0.1) is 0 Å². The molecule has 3 aromatic heterocycles. The molecule has 0 N–H and O–H groups in total. The van der Waals surface area contributed by atoms with Crippen molar-refractivity contribution in [1.82, 2.24) is 19.5 Å². The van der Waals surface area contributed by atoms with Crippen LogP contribution in [-0.2, 0) is 0 Å². The zero-order valence-corrected chi connectivity index (χ0v) is 30.2. The van der Waals surface area contributed by atoms with Crippen LogP contribution in [0.25, 0.3) is 106 Å². The van der Waals surface area contributed by atoms with Crippen LogP contribution in [0.2, 0.25) is 0 Å². The zero-order valence-electron chi connectivity index (χ0n) is 30.2. The van der Waals surface area contributed by atoms with E-state index < -0.39 is 0 Å². The van der Waals surface area contributed by atoms with Gasteiger partial charge in [0.15, 0.2) is 17.5 Å². The van der Waals surface area contributed by atoms with Crippen molar-refractivity contribution < 1.29 is 4.42 Å². The molecule has 3 heterocycles. The van der Waals surface area contributed by atoms with E-state index in [4.69, 9.17) is 19.4 Å². The third kappa shape index (κ3) is 5.37. The molecular formula is C51H32N4O. The number of para-hydroxylation sites is 2. The number of nitrogens with zero attached hydrogens (tertiary/aromatic N) is 4. The standard InChI is InChI=1S/C51H32N4O/c1-4-15-33(16-5-1)36-29-37(34-17-6-2-7-18-34)31-38(30-36)50-52-49(35-19-8-3-9-20-35)53-51(54-50)43-23-14-26-46-48(43)42-28-27-39(32-47(42)56-46)55-44-24-12-10-21-40(44)41-22-11-13-25-45(41)55/h1-32H. The summed E-state index contributed by atoms with van der Waals surface area (Å²) >= 11 is 0. The molecule has 0 aliphatic carbocycles. The first kappa shape index (κ1) is 31.9. The Morgan fingerprint density at radius 1 is 0.339 bits per heavy atom. The van der Waals surface area contributed by atoms with E-state index in [1.165, 1.54) is 10.8 Å². The number of furan rings is 1. The molecule has 8 aromatic carbocycles. The Hall–Kier alpha value is -7.63. The summed E-state index contributed by atoms with van der Waals surface area (Å²) in [5, 5.41) is 4.41. The molecular weight excluding hydrogens is 685 g/mol. The first-order valence-corrected chi connectivity index (χ1v) is 18.8. The summed E-state index contributed by atoms with van der Waals surface area (Å²) in [5.74, 6) is 1.79. The molecule has 0 saturated carbocycles. The van der Waals surface area contributed by atoms with Gasteiger partial charge in [0.25, 0.3) is 0 Å². The predicted molar refractivity (Wildman–Crippen MR) is 229 cm³/mol. The third-order valence-corrected chi connectivity index (χ3v) is 10.6. The highest BCUT2D eigenvalue weighted by molar-refractivity contribution is 6.13. The van der Waals surface area contributed by atoms with Crippen LogP contribution in [0.3, 0.4) is 0 Å². The first-order chi connectivity index (χ1) is 27.7. The van der Waals surface area contributed by atoms with Crippen LogP contribution in [0.4, 0.5) is 0 Å². The van der Waals surface area contributed by atoms with Crippen molar-refractivity contribution in [3.8, 4) is 62.1 Å². The molecule has 11 rings (SSSR count). The van der Waals surface area contributed by atoms with Gasteiger partial charge in [-0.1, -0.05) is 140 Å². The lowest BCUT2D eigenvalue weighted by molar-refractivity contribution is 0.668. The van der Waals surface area contributed by atoms with Gasteiger partial charge in [0, 0.05) is 50.0 Å². The highest BCUT2D eigenvalue weighted by Crippen LogP contribution is 2.40. The number of benzene rings is 8. The number of aromatic nitrogens is 4. The molecule has 5 heteroatoms. The fraction of sp³-hybridized carbons (Fsp3) is 0. The quantitative estimate of drug-likeness (QED) is 0.172. The lowest BCUT2D eigenvalue weighted by Crippen LogP contribution is -2.01. The average molecular weight is 717 g/mol. The van der Waals surface area contributed by atoms with Crippen LogP contribution in [0.15, 0.2) is 199 Å². The molecule has 262 valence electrons. The molecule has 0 bridgehead atoms. The molecule has 0 aliphatic rings. The topological polar surface area (TPSA) is 56.7 Å². The van der Waals surface area contributed by atoms with Gasteiger partial charge in [-0.25, -0.2) is 15.0 Å². The van der Waals surface area contributed by atoms with Gasteiger partial charge in [0.1, 0.15) is 11.2 Å². The Bertz CT molecular complexity index is 3130. The van der Waals surface area contributed by atoms with Crippen LogP contribution >= 0.6 is 0 Å². The van der Waals surface area contributed by atoms with Crippen molar-refractivity contribution in [3.63, 3.8) is 0 Å². The largest absolute Gasteiger partial charge is 0.456 e. The maximum absolute atomic E-state index is 6.65. The monoisotopic (exact) mass is 716 g/mol. The van der Waals surface area contributed by atoms with Gasteiger partial charge in [-0.3, -0.25) is 0 Å². The third-order valence-electron chi connectivity index (χ3n) is 10.6. The molecule has 0 atom stereocenters. The van der Waals surface area contributed by atoms with Crippen molar-refractivity contribution in [2.45, 2.75) is 0 Å². The molecule has 0 amide bonds. The minimum Gasteiger partial charge on any atom is -0.456 e. The summed E-state index contributed by atoms with van der Waals surface area (Å²) in [6.45, 7) is 0. The lowest BCUT2D eigenvalue weighted by Gasteiger charge is -2.13. The Morgan fingerprint density at radius 3 is 1.48 bits per heavy atom. The van der Waals surface area contributed by atoms with E-state index in [1.54, 1.807) is 0 Å². The number of hydrogen-bond donors (Lipinski definition) is 0. The summed E-state index contributed by atoms with van der Waals surface area (Å²) in [6.07, 6.45) is 0. The minimum absolute atomic E-state index is 0.583. The summed E-state index contributed by atoms with van der Waals surface area (Å²) in [4.78, 5) is 15.6. The SMILES string of the molecule is c1ccc(-c2cc(-c3ccccc3)cc(-c3nc(-c4ccccc4)nc(-c4cccc5oc6cc(-n7c8ccccc8c8ccccc87)ccc6c45)n3)c2)cc1. The molecule has 0 saturated heterocycles. The highest BCUT2D eigenvalue weighted by Gasteiger charge is 2.20. The lowest BCUT2D eigenvalue weighted by atomic mass is 9.96. The van der Waals surface area contributed by atoms with Gasteiger partial charge in [-0.2, -0.15) is 0 Å². The van der Waals surface area contributed by atoms with Gasteiger partial charge in [0.2, 0.25) is 0 Å². The van der Waals surface area contributed by atoms with Gasteiger partial charge < -0.3 is 8.98 Å². The van der Waals surface area contributed by atoms with E-state index in [0.717, 1.165) is 77.6 Å². The van der Waals surface area contributed by atoms with Crippen molar-refractivity contribution in [3.05, 3.63) is 194 Å². The number of hydrogen-bond acceptors (Lipinski definition) is 4. The van der Waals surface area contributed by atoms with Crippen LogP contribution in [-0.4, -0.2) is 19.5 Å². The molecule has 5 nitrogen and oxygen atoms in total.